The van der Waals surface area contributed by atoms with Crippen LogP contribution in [-0.4, -0.2) is 31.1 Å². The molecule has 0 spiro atoms. The van der Waals surface area contributed by atoms with E-state index >= 15 is 0 Å². The predicted octanol–water partition coefficient (Wildman–Crippen LogP) is 2.47. The van der Waals surface area contributed by atoms with Crippen LogP contribution in [0.4, 0.5) is 0 Å². The molecule has 15 heavy (non-hydrogen) atoms. The van der Waals surface area contributed by atoms with E-state index in [1.54, 1.807) is 0 Å². The highest BCUT2D eigenvalue weighted by Gasteiger charge is 2.12. The Bertz CT molecular complexity index is 290. The first-order valence-corrected chi connectivity index (χ1v) is 5.76. The van der Waals surface area contributed by atoms with Gasteiger partial charge in [0.25, 0.3) is 0 Å². The minimum absolute atomic E-state index is 0.833. The van der Waals surface area contributed by atoms with Crippen molar-refractivity contribution in [2.45, 2.75) is 19.8 Å². The molecule has 1 aliphatic rings. The quantitative estimate of drug-likeness (QED) is 0.685. The normalized spacial score (nSPS) is 16.1. The van der Waals surface area contributed by atoms with Crippen molar-refractivity contribution in [1.82, 2.24) is 4.90 Å². The molecule has 2 rings (SSSR count). The van der Waals surface area contributed by atoms with Gasteiger partial charge in [-0.05, 0) is 45.0 Å². The topological polar surface area (TPSA) is 12.5 Å². The molecule has 1 aromatic carbocycles. The number of hydrogen-bond acceptors (Lipinski definition) is 2. The molecule has 2 nitrogen and oxygen atoms in total. The first kappa shape index (κ1) is 10.5. The summed E-state index contributed by atoms with van der Waals surface area (Å²) in [7, 11) is 0. The van der Waals surface area contributed by atoms with E-state index in [9.17, 15) is 0 Å². The molecule has 0 saturated carbocycles. The van der Waals surface area contributed by atoms with E-state index in [-0.39, 0.29) is 0 Å². The van der Waals surface area contributed by atoms with Gasteiger partial charge in [0.1, 0.15) is 5.75 Å². The smallest absolute Gasteiger partial charge is 0.119 e. The van der Waals surface area contributed by atoms with Crippen LogP contribution in [0.5, 0.6) is 5.75 Å². The van der Waals surface area contributed by atoms with Gasteiger partial charge in [0, 0.05) is 6.54 Å². The van der Waals surface area contributed by atoms with Gasteiger partial charge >= 0.3 is 0 Å². The van der Waals surface area contributed by atoms with Crippen LogP contribution < -0.4 is 4.74 Å². The van der Waals surface area contributed by atoms with Gasteiger partial charge in [-0.3, -0.25) is 0 Å². The second kappa shape index (κ2) is 5.17. The lowest BCUT2D eigenvalue weighted by Gasteiger charge is -2.30. The standard InChI is InChI=1S/C13H19NO/c1-12-4-6-13(7-5-12)15-11-3-10-14-8-2-9-14/h4-7H,2-3,8-11H2,1H3. The Morgan fingerprint density at radius 2 is 1.93 bits per heavy atom. The molecule has 1 aliphatic heterocycles. The molecule has 1 heterocycles. The third-order valence-electron chi connectivity index (χ3n) is 2.86. The fourth-order valence-electron chi connectivity index (χ4n) is 1.72. The van der Waals surface area contributed by atoms with Crippen LogP contribution in [0.25, 0.3) is 0 Å². The fourth-order valence-corrected chi connectivity index (χ4v) is 1.72. The van der Waals surface area contributed by atoms with E-state index in [0.717, 1.165) is 18.8 Å². The van der Waals surface area contributed by atoms with Gasteiger partial charge in [-0.1, -0.05) is 17.7 Å². The van der Waals surface area contributed by atoms with Gasteiger partial charge in [0.05, 0.1) is 6.61 Å². The number of rotatable bonds is 5. The molecule has 0 atom stereocenters. The van der Waals surface area contributed by atoms with Gasteiger partial charge in [0.15, 0.2) is 0 Å². The number of hydrogen-bond donors (Lipinski definition) is 0. The van der Waals surface area contributed by atoms with E-state index in [1.165, 1.54) is 31.6 Å². The number of nitrogens with zero attached hydrogens (tertiary/aromatic N) is 1. The third kappa shape index (κ3) is 3.24. The second-order valence-electron chi connectivity index (χ2n) is 4.21. The Morgan fingerprint density at radius 3 is 2.53 bits per heavy atom. The summed E-state index contributed by atoms with van der Waals surface area (Å²) in [6, 6.07) is 8.26. The summed E-state index contributed by atoms with van der Waals surface area (Å²) in [5.74, 6) is 0.990. The molecule has 0 aromatic heterocycles. The first-order chi connectivity index (χ1) is 7.34. The maximum atomic E-state index is 5.65. The molecule has 1 aromatic rings. The zero-order valence-electron chi connectivity index (χ0n) is 9.41. The van der Waals surface area contributed by atoms with E-state index in [2.05, 4.69) is 24.0 Å². The predicted molar refractivity (Wildman–Crippen MR) is 62.3 cm³/mol. The maximum absolute atomic E-state index is 5.65. The summed E-state index contributed by atoms with van der Waals surface area (Å²) >= 11 is 0. The summed E-state index contributed by atoms with van der Waals surface area (Å²) in [5, 5.41) is 0. The Morgan fingerprint density at radius 1 is 1.20 bits per heavy atom. The number of aryl methyl sites for hydroxylation is 1. The van der Waals surface area contributed by atoms with Gasteiger partial charge in [-0.2, -0.15) is 0 Å². The fraction of sp³-hybridized carbons (Fsp3) is 0.538. The van der Waals surface area contributed by atoms with Crippen LogP contribution in [0.3, 0.4) is 0 Å². The summed E-state index contributed by atoms with van der Waals surface area (Å²) in [6.07, 6.45) is 2.51. The van der Waals surface area contributed by atoms with Crippen LogP contribution in [0, 0.1) is 6.92 Å². The largest absolute Gasteiger partial charge is 0.494 e. The number of benzene rings is 1. The summed E-state index contributed by atoms with van der Waals surface area (Å²) in [4.78, 5) is 2.47. The monoisotopic (exact) mass is 205 g/mol. The van der Waals surface area contributed by atoms with Crippen molar-refractivity contribution in [3.8, 4) is 5.75 Å². The lowest BCUT2D eigenvalue weighted by molar-refractivity contribution is 0.165. The van der Waals surface area contributed by atoms with E-state index in [1.807, 2.05) is 12.1 Å². The molecule has 82 valence electrons. The Kier molecular flexibility index (Phi) is 3.62. The zero-order valence-corrected chi connectivity index (χ0v) is 9.41. The van der Waals surface area contributed by atoms with Crippen molar-refractivity contribution in [3.05, 3.63) is 29.8 Å². The third-order valence-corrected chi connectivity index (χ3v) is 2.86. The molecule has 0 amide bonds. The van der Waals surface area contributed by atoms with Crippen LogP contribution >= 0.6 is 0 Å². The average Bonchev–Trinajstić information content (AvgIpc) is 2.18. The summed E-state index contributed by atoms with van der Waals surface area (Å²) < 4.78 is 5.65. The highest BCUT2D eigenvalue weighted by molar-refractivity contribution is 5.26. The first-order valence-electron chi connectivity index (χ1n) is 5.76. The van der Waals surface area contributed by atoms with Crippen LogP contribution in [0.15, 0.2) is 24.3 Å². The van der Waals surface area contributed by atoms with Crippen LogP contribution in [-0.2, 0) is 0 Å². The van der Waals surface area contributed by atoms with E-state index in [4.69, 9.17) is 4.74 Å². The molecule has 1 saturated heterocycles. The molecular weight excluding hydrogens is 186 g/mol. The van der Waals surface area contributed by atoms with Crippen molar-refractivity contribution in [1.29, 1.82) is 0 Å². The lowest BCUT2D eigenvalue weighted by atomic mass is 10.2. The van der Waals surface area contributed by atoms with Crippen molar-refractivity contribution in [2.75, 3.05) is 26.2 Å². The van der Waals surface area contributed by atoms with Crippen molar-refractivity contribution in [3.63, 3.8) is 0 Å². The minimum Gasteiger partial charge on any atom is -0.494 e. The van der Waals surface area contributed by atoms with Crippen LogP contribution in [0.2, 0.25) is 0 Å². The SMILES string of the molecule is Cc1ccc(OCCCN2CCC2)cc1. The van der Waals surface area contributed by atoms with E-state index in [0.29, 0.717) is 0 Å². The zero-order chi connectivity index (χ0) is 10.5. The van der Waals surface area contributed by atoms with Gasteiger partial charge < -0.3 is 9.64 Å². The molecule has 0 bridgehead atoms. The highest BCUT2D eigenvalue weighted by atomic mass is 16.5. The van der Waals surface area contributed by atoms with E-state index < -0.39 is 0 Å². The Balaban J connectivity index is 1.62. The summed E-state index contributed by atoms with van der Waals surface area (Å²) in [5.41, 5.74) is 1.28. The molecule has 2 heteroatoms. The highest BCUT2D eigenvalue weighted by Crippen LogP contribution is 2.12. The Hall–Kier alpha value is -1.02. The second-order valence-corrected chi connectivity index (χ2v) is 4.21. The van der Waals surface area contributed by atoms with Gasteiger partial charge in [-0.25, -0.2) is 0 Å². The molecule has 0 N–H and O–H groups in total. The number of ether oxygens (including phenoxy) is 1. The lowest BCUT2D eigenvalue weighted by Crippen LogP contribution is -2.38. The molecule has 0 unspecified atom stereocenters. The molecule has 0 aliphatic carbocycles. The van der Waals surface area contributed by atoms with Gasteiger partial charge in [-0.15, -0.1) is 0 Å². The maximum Gasteiger partial charge on any atom is 0.119 e. The molecular formula is C13H19NO. The van der Waals surface area contributed by atoms with Crippen molar-refractivity contribution in [2.24, 2.45) is 0 Å². The molecule has 0 radical (unpaired) electrons. The minimum atomic E-state index is 0.833. The summed E-state index contributed by atoms with van der Waals surface area (Å²) in [6.45, 7) is 6.67. The average molecular weight is 205 g/mol. The van der Waals surface area contributed by atoms with Crippen LogP contribution in [0.1, 0.15) is 18.4 Å². The molecule has 1 fully saturated rings. The number of likely N-dealkylation sites (tertiary alicyclic amines) is 1. The van der Waals surface area contributed by atoms with Gasteiger partial charge in [0.2, 0.25) is 0 Å². The van der Waals surface area contributed by atoms with Crippen molar-refractivity contribution < 1.29 is 4.74 Å². The van der Waals surface area contributed by atoms with Crippen molar-refractivity contribution >= 4 is 0 Å². The Labute approximate surface area is 91.9 Å².